The molecule has 0 spiro atoms. The highest BCUT2D eigenvalue weighted by Crippen LogP contribution is 2.14. The quantitative estimate of drug-likeness (QED) is 0.821. The van der Waals surface area contributed by atoms with E-state index in [0.29, 0.717) is 0 Å². The average molecular weight is 326 g/mol. The predicted octanol–water partition coefficient (Wildman–Crippen LogP) is 2.13. The molecule has 0 saturated carbocycles. The third kappa shape index (κ3) is 5.22. The van der Waals surface area contributed by atoms with Crippen molar-refractivity contribution in [1.29, 1.82) is 0 Å². The fourth-order valence-corrected chi connectivity index (χ4v) is 2.85. The molecule has 1 aliphatic rings. The zero-order valence-corrected chi connectivity index (χ0v) is 13.6. The molecule has 1 fully saturated rings. The molecular formula is C15H24BrN3. The van der Waals surface area contributed by atoms with Crippen LogP contribution in [0, 0.1) is 0 Å². The maximum absolute atomic E-state index is 3.54. The van der Waals surface area contributed by atoms with Crippen LogP contribution in [0.4, 0.5) is 0 Å². The molecule has 1 aliphatic heterocycles. The summed E-state index contributed by atoms with van der Waals surface area (Å²) in [6, 6.07) is 8.64. The van der Waals surface area contributed by atoms with Crippen molar-refractivity contribution in [2.75, 3.05) is 53.4 Å². The summed E-state index contributed by atoms with van der Waals surface area (Å²) in [5.74, 6) is 0. The van der Waals surface area contributed by atoms with Crippen LogP contribution < -0.4 is 0 Å². The van der Waals surface area contributed by atoms with Crippen LogP contribution in [0.15, 0.2) is 28.7 Å². The third-order valence-electron chi connectivity index (χ3n) is 3.62. The van der Waals surface area contributed by atoms with Crippen molar-refractivity contribution >= 4 is 15.9 Å². The van der Waals surface area contributed by atoms with E-state index in [2.05, 4.69) is 69.0 Å². The lowest BCUT2D eigenvalue weighted by atomic mass is 10.2. The smallest absolute Gasteiger partial charge is 0.0235 e. The minimum Gasteiger partial charge on any atom is -0.308 e. The second-order valence-corrected chi connectivity index (χ2v) is 6.47. The van der Waals surface area contributed by atoms with Crippen LogP contribution in [0.1, 0.15) is 5.56 Å². The van der Waals surface area contributed by atoms with Gasteiger partial charge < -0.3 is 4.90 Å². The van der Waals surface area contributed by atoms with Crippen LogP contribution >= 0.6 is 15.9 Å². The van der Waals surface area contributed by atoms with Gasteiger partial charge in [-0.1, -0.05) is 28.1 Å². The first-order valence-electron chi connectivity index (χ1n) is 6.97. The second-order valence-electron chi connectivity index (χ2n) is 5.55. The third-order valence-corrected chi connectivity index (χ3v) is 4.12. The molecule has 0 unspecified atom stereocenters. The minimum absolute atomic E-state index is 1.07. The SMILES string of the molecule is CN(C)CCN1CCN(Cc2cccc(Br)c2)CC1. The molecule has 1 aromatic rings. The second kappa shape index (κ2) is 7.39. The number of nitrogens with zero attached hydrogens (tertiary/aromatic N) is 3. The zero-order chi connectivity index (χ0) is 13.7. The molecule has 4 heteroatoms. The number of likely N-dealkylation sites (N-methyl/N-ethyl adjacent to an activating group) is 1. The van der Waals surface area contributed by atoms with E-state index in [4.69, 9.17) is 0 Å². The van der Waals surface area contributed by atoms with Gasteiger partial charge in [-0.15, -0.1) is 0 Å². The van der Waals surface area contributed by atoms with Gasteiger partial charge in [0.25, 0.3) is 0 Å². The Labute approximate surface area is 125 Å². The molecule has 0 N–H and O–H groups in total. The molecule has 0 atom stereocenters. The molecule has 0 bridgehead atoms. The highest BCUT2D eigenvalue weighted by Gasteiger charge is 2.16. The lowest BCUT2D eigenvalue weighted by Gasteiger charge is -2.35. The lowest BCUT2D eigenvalue weighted by Crippen LogP contribution is -2.47. The van der Waals surface area contributed by atoms with Crippen molar-refractivity contribution < 1.29 is 0 Å². The normalized spacial score (nSPS) is 18.1. The first-order chi connectivity index (χ1) is 9.13. The summed E-state index contributed by atoms with van der Waals surface area (Å²) in [4.78, 5) is 7.37. The first kappa shape index (κ1) is 15.0. The summed E-state index contributed by atoms with van der Waals surface area (Å²) in [7, 11) is 4.28. The summed E-state index contributed by atoms with van der Waals surface area (Å²) in [6.45, 7) is 8.17. The van der Waals surface area contributed by atoms with Gasteiger partial charge in [0.1, 0.15) is 0 Å². The first-order valence-corrected chi connectivity index (χ1v) is 7.76. The Morgan fingerprint density at radius 2 is 1.79 bits per heavy atom. The maximum Gasteiger partial charge on any atom is 0.0235 e. The van der Waals surface area contributed by atoms with Crippen LogP contribution in [0.25, 0.3) is 0 Å². The van der Waals surface area contributed by atoms with E-state index in [1.54, 1.807) is 0 Å². The lowest BCUT2D eigenvalue weighted by molar-refractivity contribution is 0.120. The number of hydrogen-bond acceptors (Lipinski definition) is 3. The van der Waals surface area contributed by atoms with Gasteiger partial charge >= 0.3 is 0 Å². The zero-order valence-electron chi connectivity index (χ0n) is 12.0. The number of benzene rings is 1. The average Bonchev–Trinajstić information content (AvgIpc) is 2.38. The van der Waals surface area contributed by atoms with Crippen LogP contribution in [0.3, 0.4) is 0 Å². The van der Waals surface area contributed by atoms with Crippen molar-refractivity contribution in [3.8, 4) is 0 Å². The molecule has 0 radical (unpaired) electrons. The van der Waals surface area contributed by atoms with Crippen molar-refractivity contribution in [2.24, 2.45) is 0 Å². The Balaban J connectivity index is 1.74. The van der Waals surface area contributed by atoms with Gasteiger partial charge in [0.05, 0.1) is 0 Å². The molecule has 19 heavy (non-hydrogen) atoms. The van der Waals surface area contributed by atoms with Gasteiger partial charge in [0, 0.05) is 50.3 Å². The Morgan fingerprint density at radius 3 is 2.42 bits per heavy atom. The van der Waals surface area contributed by atoms with Gasteiger partial charge in [-0.2, -0.15) is 0 Å². The number of halogens is 1. The fourth-order valence-electron chi connectivity index (χ4n) is 2.41. The highest BCUT2D eigenvalue weighted by atomic mass is 79.9. The number of hydrogen-bond donors (Lipinski definition) is 0. The summed E-state index contributed by atoms with van der Waals surface area (Å²) in [5, 5.41) is 0. The standard InChI is InChI=1S/C15H24BrN3/c1-17(2)6-7-18-8-10-19(11-9-18)13-14-4-3-5-15(16)12-14/h3-5,12H,6-11,13H2,1-2H3. The Bertz CT molecular complexity index is 387. The molecule has 0 aromatic heterocycles. The van der Waals surface area contributed by atoms with Gasteiger partial charge in [-0.05, 0) is 31.8 Å². The highest BCUT2D eigenvalue weighted by molar-refractivity contribution is 9.10. The van der Waals surface area contributed by atoms with Crippen molar-refractivity contribution in [3.63, 3.8) is 0 Å². The van der Waals surface area contributed by atoms with Crippen molar-refractivity contribution in [1.82, 2.24) is 14.7 Å². The molecular weight excluding hydrogens is 302 g/mol. The van der Waals surface area contributed by atoms with E-state index in [-0.39, 0.29) is 0 Å². The van der Waals surface area contributed by atoms with E-state index in [1.165, 1.54) is 42.8 Å². The Kier molecular flexibility index (Phi) is 5.82. The Morgan fingerprint density at radius 1 is 1.11 bits per heavy atom. The van der Waals surface area contributed by atoms with Gasteiger partial charge in [0.2, 0.25) is 0 Å². The van der Waals surface area contributed by atoms with Gasteiger partial charge in [0.15, 0.2) is 0 Å². The van der Waals surface area contributed by atoms with E-state index < -0.39 is 0 Å². The molecule has 0 amide bonds. The molecule has 0 aliphatic carbocycles. The number of piperazine rings is 1. The van der Waals surface area contributed by atoms with E-state index in [1.807, 2.05) is 0 Å². The summed E-state index contributed by atoms with van der Waals surface area (Å²) < 4.78 is 1.18. The molecule has 1 aromatic carbocycles. The summed E-state index contributed by atoms with van der Waals surface area (Å²) in [5.41, 5.74) is 1.40. The van der Waals surface area contributed by atoms with Crippen LogP contribution in [0.2, 0.25) is 0 Å². The largest absolute Gasteiger partial charge is 0.308 e. The van der Waals surface area contributed by atoms with Crippen molar-refractivity contribution in [2.45, 2.75) is 6.54 Å². The van der Waals surface area contributed by atoms with Crippen LogP contribution in [0.5, 0.6) is 0 Å². The van der Waals surface area contributed by atoms with Gasteiger partial charge in [-0.25, -0.2) is 0 Å². The molecule has 3 nitrogen and oxygen atoms in total. The fraction of sp³-hybridized carbons (Fsp3) is 0.600. The molecule has 1 heterocycles. The molecule has 106 valence electrons. The van der Waals surface area contributed by atoms with E-state index in [0.717, 1.165) is 13.1 Å². The summed E-state index contributed by atoms with van der Waals surface area (Å²) in [6.07, 6.45) is 0. The van der Waals surface area contributed by atoms with E-state index >= 15 is 0 Å². The maximum atomic E-state index is 3.54. The predicted molar refractivity (Wildman–Crippen MR) is 84.4 cm³/mol. The van der Waals surface area contributed by atoms with Gasteiger partial charge in [-0.3, -0.25) is 9.80 Å². The summed E-state index contributed by atoms with van der Waals surface area (Å²) >= 11 is 3.54. The Hall–Kier alpha value is -0.420. The topological polar surface area (TPSA) is 9.72 Å². The molecule has 2 rings (SSSR count). The van der Waals surface area contributed by atoms with E-state index in [9.17, 15) is 0 Å². The number of rotatable bonds is 5. The monoisotopic (exact) mass is 325 g/mol. The van der Waals surface area contributed by atoms with Crippen molar-refractivity contribution in [3.05, 3.63) is 34.3 Å². The van der Waals surface area contributed by atoms with Crippen LogP contribution in [-0.4, -0.2) is 68.1 Å². The minimum atomic E-state index is 1.07. The van der Waals surface area contributed by atoms with Crippen LogP contribution in [-0.2, 0) is 6.54 Å². The molecule has 1 saturated heterocycles.